The molecule has 3 nitrogen and oxygen atoms in total. The van der Waals surface area contributed by atoms with E-state index in [2.05, 4.69) is 15.9 Å². The summed E-state index contributed by atoms with van der Waals surface area (Å²) in [4.78, 5) is 24.0. The monoisotopic (exact) mass is 332 g/mol. The van der Waals surface area contributed by atoms with Crippen LogP contribution >= 0.6 is 15.9 Å². The van der Waals surface area contributed by atoms with Gasteiger partial charge in [0.1, 0.15) is 0 Å². The quantitative estimate of drug-likeness (QED) is 0.637. The zero-order chi connectivity index (χ0) is 14.3. The van der Waals surface area contributed by atoms with E-state index in [-0.39, 0.29) is 23.6 Å². The molecule has 0 bridgehead atoms. The van der Waals surface area contributed by atoms with Gasteiger partial charge in [-0.25, -0.2) is 0 Å². The number of ether oxygens (including phenoxy) is 1. The van der Waals surface area contributed by atoms with Crippen LogP contribution in [0.25, 0.3) is 10.8 Å². The first-order chi connectivity index (χ1) is 9.63. The van der Waals surface area contributed by atoms with E-state index in [1.165, 1.54) is 7.11 Å². The van der Waals surface area contributed by atoms with Crippen molar-refractivity contribution in [3.63, 3.8) is 0 Å². The second kappa shape index (κ2) is 5.02. The zero-order valence-corrected chi connectivity index (χ0v) is 12.5. The Hall–Kier alpha value is -1.68. The Morgan fingerprint density at radius 3 is 2.50 bits per heavy atom. The van der Waals surface area contributed by atoms with Gasteiger partial charge in [0.15, 0.2) is 5.78 Å². The maximum absolute atomic E-state index is 12.5. The summed E-state index contributed by atoms with van der Waals surface area (Å²) in [6.07, 6.45) is 0.593. The van der Waals surface area contributed by atoms with E-state index in [1.54, 1.807) is 0 Å². The predicted molar refractivity (Wildman–Crippen MR) is 79.6 cm³/mol. The zero-order valence-electron chi connectivity index (χ0n) is 10.9. The van der Waals surface area contributed by atoms with Crippen LogP contribution < -0.4 is 0 Å². The van der Waals surface area contributed by atoms with Gasteiger partial charge in [-0.15, -0.1) is 0 Å². The Morgan fingerprint density at radius 2 is 1.80 bits per heavy atom. The normalized spacial score (nSPS) is 20.7. The smallest absolute Gasteiger partial charge is 0.309 e. The fraction of sp³-hybridized carbons (Fsp3) is 0.250. The average Bonchev–Trinajstić information content (AvgIpc) is 3.27. The summed E-state index contributed by atoms with van der Waals surface area (Å²) in [5, 5.41) is 1.93. The van der Waals surface area contributed by atoms with E-state index in [1.807, 2.05) is 36.4 Å². The van der Waals surface area contributed by atoms with Gasteiger partial charge < -0.3 is 4.74 Å². The number of hydrogen-bond acceptors (Lipinski definition) is 3. The van der Waals surface area contributed by atoms with Gasteiger partial charge in [0.05, 0.1) is 13.0 Å². The van der Waals surface area contributed by atoms with Crippen LogP contribution in [-0.2, 0) is 9.53 Å². The van der Waals surface area contributed by atoms with E-state index >= 15 is 0 Å². The average molecular weight is 333 g/mol. The molecule has 0 amide bonds. The fourth-order valence-corrected chi connectivity index (χ4v) is 3.05. The molecule has 3 rings (SSSR count). The Bertz CT molecular complexity index is 708. The van der Waals surface area contributed by atoms with Crippen molar-refractivity contribution in [2.75, 3.05) is 7.11 Å². The number of rotatable bonds is 3. The molecule has 1 fully saturated rings. The Labute approximate surface area is 125 Å². The lowest BCUT2D eigenvalue weighted by Gasteiger charge is -2.07. The number of fused-ring (bicyclic) bond motifs is 1. The van der Waals surface area contributed by atoms with Crippen molar-refractivity contribution in [1.82, 2.24) is 0 Å². The third-order valence-corrected chi connectivity index (χ3v) is 4.46. The number of carbonyl (C=O) groups excluding carboxylic acids is 2. The number of hydrogen-bond donors (Lipinski definition) is 0. The molecule has 102 valence electrons. The van der Waals surface area contributed by atoms with Crippen LogP contribution in [0.1, 0.15) is 16.8 Å². The van der Waals surface area contributed by atoms with Gasteiger partial charge in [-0.2, -0.15) is 0 Å². The Morgan fingerprint density at radius 1 is 1.10 bits per heavy atom. The predicted octanol–water partition coefficient (Wildman–Crippen LogP) is 3.59. The second-order valence-corrected chi connectivity index (χ2v) is 5.83. The summed E-state index contributed by atoms with van der Waals surface area (Å²) in [7, 11) is 1.36. The SMILES string of the molecule is COC(=O)[C@H]1C[C@H]1C(=O)c1ccc(Br)c2ccccc12. The van der Waals surface area contributed by atoms with Gasteiger partial charge in [-0.1, -0.05) is 40.2 Å². The lowest BCUT2D eigenvalue weighted by atomic mass is 9.98. The summed E-state index contributed by atoms with van der Waals surface area (Å²) in [6, 6.07) is 11.5. The van der Waals surface area contributed by atoms with Gasteiger partial charge >= 0.3 is 5.97 Å². The molecular weight excluding hydrogens is 320 g/mol. The molecule has 0 spiro atoms. The van der Waals surface area contributed by atoms with E-state index in [0.717, 1.165) is 15.2 Å². The molecule has 0 unspecified atom stereocenters. The molecule has 0 aromatic heterocycles. The Kier molecular flexibility index (Phi) is 3.34. The van der Waals surface area contributed by atoms with Gasteiger partial charge in [-0.05, 0) is 29.3 Å². The van der Waals surface area contributed by atoms with Gasteiger partial charge in [0.2, 0.25) is 0 Å². The van der Waals surface area contributed by atoms with Crippen LogP contribution in [0.3, 0.4) is 0 Å². The number of halogens is 1. The van der Waals surface area contributed by atoms with Crippen LogP contribution in [0.2, 0.25) is 0 Å². The van der Waals surface area contributed by atoms with Crippen molar-refractivity contribution in [2.45, 2.75) is 6.42 Å². The van der Waals surface area contributed by atoms with Crippen molar-refractivity contribution >= 4 is 38.5 Å². The van der Waals surface area contributed by atoms with Crippen molar-refractivity contribution < 1.29 is 14.3 Å². The summed E-state index contributed by atoms with van der Waals surface area (Å²) in [5.74, 6) is -0.754. The number of esters is 1. The third kappa shape index (κ3) is 2.14. The van der Waals surface area contributed by atoms with Crippen molar-refractivity contribution in [1.29, 1.82) is 0 Å². The van der Waals surface area contributed by atoms with E-state index in [4.69, 9.17) is 4.74 Å². The van der Waals surface area contributed by atoms with Crippen LogP contribution in [0, 0.1) is 11.8 Å². The van der Waals surface area contributed by atoms with Crippen LogP contribution in [0.4, 0.5) is 0 Å². The molecule has 1 aliphatic rings. The van der Waals surface area contributed by atoms with Crippen molar-refractivity contribution in [2.24, 2.45) is 11.8 Å². The molecular formula is C16H13BrO3. The van der Waals surface area contributed by atoms with Crippen molar-refractivity contribution in [3.05, 3.63) is 46.4 Å². The molecule has 0 heterocycles. The molecule has 0 N–H and O–H groups in total. The first-order valence-electron chi connectivity index (χ1n) is 6.42. The summed E-state index contributed by atoms with van der Waals surface area (Å²) in [6.45, 7) is 0. The molecule has 2 aromatic rings. The highest BCUT2D eigenvalue weighted by molar-refractivity contribution is 9.10. The topological polar surface area (TPSA) is 43.4 Å². The summed E-state index contributed by atoms with van der Waals surface area (Å²) in [5.41, 5.74) is 0.681. The van der Waals surface area contributed by atoms with Crippen LogP contribution in [-0.4, -0.2) is 18.9 Å². The number of benzene rings is 2. The van der Waals surface area contributed by atoms with E-state index in [0.29, 0.717) is 12.0 Å². The first-order valence-corrected chi connectivity index (χ1v) is 7.22. The van der Waals surface area contributed by atoms with E-state index in [9.17, 15) is 9.59 Å². The molecule has 4 heteroatoms. The van der Waals surface area contributed by atoms with Crippen LogP contribution in [0.15, 0.2) is 40.9 Å². The molecule has 1 aliphatic carbocycles. The number of carbonyl (C=O) groups is 2. The molecule has 0 saturated heterocycles. The minimum absolute atomic E-state index is 0.0316. The maximum Gasteiger partial charge on any atom is 0.309 e. The van der Waals surface area contributed by atoms with Gasteiger partial charge in [-0.3, -0.25) is 9.59 Å². The lowest BCUT2D eigenvalue weighted by molar-refractivity contribution is -0.142. The number of methoxy groups -OCH3 is 1. The van der Waals surface area contributed by atoms with Crippen molar-refractivity contribution in [3.8, 4) is 0 Å². The van der Waals surface area contributed by atoms with Gasteiger partial charge in [0, 0.05) is 16.0 Å². The Balaban J connectivity index is 1.98. The molecule has 0 aliphatic heterocycles. The summed E-state index contributed by atoms with van der Waals surface area (Å²) < 4.78 is 5.66. The largest absolute Gasteiger partial charge is 0.469 e. The highest BCUT2D eigenvalue weighted by atomic mass is 79.9. The van der Waals surface area contributed by atoms with Crippen LogP contribution in [0.5, 0.6) is 0 Å². The van der Waals surface area contributed by atoms with E-state index < -0.39 is 0 Å². The minimum atomic E-state index is -0.287. The minimum Gasteiger partial charge on any atom is -0.469 e. The van der Waals surface area contributed by atoms with Gasteiger partial charge in [0.25, 0.3) is 0 Å². The lowest BCUT2D eigenvalue weighted by Crippen LogP contribution is -2.10. The number of ketones is 1. The maximum atomic E-state index is 12.5. The highest BCUT2D eigenvalue weighted by Crippen LogP contribution is 2.43. The number of Topliss-reactive ketones (excluding diaryl/α,β-unsaturated/α-hetero) is 1. The fourth-order valence-electron chi connectivity index (χ4n) is 2.57. The standard InChI is InChI=1S/C16H13BrO3/c1-20-16(19)13-8-12(13)15(18)11-6-7-14(17)10-5-3-2-4-9(10)11/h2-7,12-13H,8H2,1H3/t12-,13+/m1/s1. The third-order valence-electron chi connectivity index (χ3n) is 3.77. The molecule has 2 aromatic carbocycles. The highest BCUT2D eigenvalue weighted by Gasteiger charge is 2.49. The molecule has 0 radical (unpaired) electrons. The first kappa shape index (κ1) is 13.3. The molecule has 20 heavy (non-hydrogen) atoms. The molecule has 2 atom stereocenters. The summed E-state index contributed by atoms with van der Waals surface area (Å²) >= 11 is 3.49. The second-order valence-electron chi connectivity index (χ2n) is 4.98. The molecule has 1 saturated carbocycles.